The molecule has 2 aromatic heterocycles. The van der Waals surface area contributed by atoms with Crippen LogP contribution in [0.3, 0.4) is 0 Å². The number of carbonyl (C=O) groups is 2. The Balaban J connectivity index is 1.38. The maximum absolute atomic E-state index is 12.1. The van der Waals surface area contributed by atoms with E-state index in [0.717, 1.165) is 21.6 Å². The number of aromatic nitrogens is 1. The van der Waals surface area contributed by atoms with Gasteiger partial charge in [0, 0.05) is 29.1 Å². The van der Waals surface area contributed by atoms with E-state index < -0.39 is 0 Å². The number of carbonyl (C=O) groups excluding carboxylic acids is 2. The first kappa shape index (κ1) is 21.6. The minimum Gasteiger partial charge on any atom is -0.486 e. The zero-order valence-corrected chi connectivity index (χ0v) is 18.9. The maximum atomic E-state index is 12.1. The minimum atomic E-state index is -0.225. The second-order valence-corrected chi connectivity index (χ2v) is 8.98. The number of hydrogen-bond donors (Lipinski definition) is 1. The van der Waals surface area contributed by atoms with Gasteiger partial charge in [-0.15, -0.1) is 11.3 Å². The lowest BCUT2D eigenvalue weighted by molar-refractivity contribution is -0.116. The van der Waals surface area contributed by atoms with Crippen molar-refractivity contribution < 1.29 is 14.3 Å². The molecule has 0 spiro atoms. The SMILES string of the molecule is CC(=O)c1ccc(-c2cc(Cl)c3c(c2)CC(CNC(=O)/C=C/c2ccc(Cl)nc2)O3)s1. The Bertz CT molecular complexity index is 1170. The molecule has 4 rings (SSSR count). The molecule has 1 unspecified atom stereocenters. The van der Waals surface area contributed by atoms with Crippen molar-refractivity contribution in [2.75, 3.05) is 6.54 Å². The summed E-state index contributed by atoms with van der Waals surface area (Å²) in [6, 6.07) is 11.1. The number of rotatable bonds is 6. The van der Waals surface area contributed by atoms with Crippen molar-refractivity contribution >= 4 is 52.3 Å². The molecule has 0 radical (unpaired) electrons. The van der Waals surface area contributed by atoms with Crippen LogP contribution in [0.25, 0.3) is 16.5 Å². The Morgan fingerprint density at radius 3 is 2.81 bits per heavy atom. The number of ketones is 1. The van der Waals surface area contributed by atoms with E-state index in [-0.39, 0.29) is 17.8 Å². The number of thiophene rings is 1. The molecule has 0 saturated heterocycles. The number of benzene rings is 1. The summed E-state index contributed by atoms with van der Waals surface area (Å²) < 4.78 is 5.95. The first-order valence-corrected chi connectivity index (χ1v) is 11.1. The van der Waals surface area contributed by atoms with Crippen LogP contribution in [0.1, 0.15) is 27.7 Å². The predicted molar refractivity (Wildman–Crippen MR) is 124 cm³/mol. The second-order valence-electron chi connectivity index (χ2n) is 7.10. The quantitative estimate of drug-likeness (QED) is 0.294. The average molecular weight is 473 g/mol. The second kappa shape index (κ2) is 9.22. The molecule has 0 bridgehead atoms. The highest BCUT2D eigenvalue weighted by Gasteiger charge is 2.26. The number of ether oxygens (including phenoxy) is 1. The number of amides is 1. The molecule has 1 aromatic carbocycles. The molecule has 158 valence electrons. The summed E-state index contributed by atoms with van der Waals surface area (Å²) >= 11 is 13.6. The van der Waals surface area contributed by atoms with Crippen LogP contribution in [0, 0.1) is 0 Å². The summed E-state index contributed by atoms with van der Waals surface area (Å²) in [4.78, 5) is 29.4. The molecule has 0 aliphatic carbocycles. The third-order valence-electron chi connectivity index (χ3n) is 4.77. The predicted octanol–water partition coefficient (Wildman–Crippen LogP) is 5.45. The number of halogens is 2. The van der Waals surface area contributed by atoms with E-state index in [4.69, 9.17) is 27.9 Å². The highest BCUT2D eigenvalue weighted by Crippen LogP contribution is 2.41. The van der Waals surface area contributed by atoms with Gasteiger partial charge in [-0.3, -0.25) is 9.59 Å². The highest BCUT2D eigenvalue weighted by molar-refractivity contribution is 7.17. The van der Waals surface area contributed by atoms with Crippen molar-refractivity contribution in [3.8, 4) is 16.2 Å². The van der Waals surface area contributed by atoms with Crippen LogP contribution in [-0.4, -0.2) is 29.3 Å². The van der Waals surface area contributed by atoms with Crippen LogP contribution >= 0.6 is 34.5 Å². The summed E-state index contributed by atoms with van der Waals surface area (Å²) in [7, 11) is 0. The fraction of sp³-hybridized carbons (Fsp3) is 0.174. The van der Waals surface area contributed by atoms with Crippen molar-refractivity contribution in [3.63, 3.8) is 0 Å². The molecule has 5 nitrogen and oxygen atoms in total. The molecule has 1 aliphatic heterocycles. The van der Waals surface area contributed by atoms with Crippen molar-refractivity contribution in [2.45, 2.75) is 19.4 Å². The standard InChI is InChI=1S/C23H18Cl2N2O3S/c1-13(28)19-4-5-20(31-19)15-8-16-9-17(30-23(16)18(24)10-15)12-27-22(29)7-3-14-2-6-21(25)26-11-14/h2-8,10-11,17H,9,12H2,1H3,(H,27,29)/b7-3+. The Labute approximate surface area is 193 Å². The van der Waals surface area contributed by atoms with E-state index >= 15 is 0 Å². The summed E-state index contributed by atoms with van der Waals surface area (Å²) in [5.41, 5.74) is 2.72. The zero-order valence-electron chi connectivity index (χ0n) is 16.5. The summed E-state index contributed by atoms with van der Waals surface area (Å²) in [6.07, 6.45) is 5.14. The number of fused-ring (bicyclic) bond motifs is 1. The normalized spacial score (nSPS) is 15.0. The molecular weight excluding hydrogens is 455 g/mol. The van der Waals surface area contributed by atoms with Crippen LogP contribution in [0.5, 0.6) is 5.75 Å². The first-order chi connectivity index (χ1) is 14.9. The van der Waals surface area contributed by atoms with Crippen molar-refractivity contribution in [3.05, 3.63) is 74.9 Å². The number of pyridine rings is 1. The van der Waals surface area contributed by atoms with Gasteiger partial charge in [0.15, 0.2) is 5.78 Å². The zero-order chi connectivity index (χ0) is 22.0. The third kappa shape index (κ3) is 5.15. The van der Waals surface area contributed by atoms with Crippen LogP contribution in [0.15, 0.2) is 48.7 Å². The molecule has 8 heteroatoms. The van der Waals surface area contributed by atoms with Gasteiger partial charge in [-0.1, -0.05) is 29.3 Å². The van der Waals surface area contributed by atoms with Gasteiger partial charge in [0.05, 0.1) is 16.4 Å². The van der Waals surface area contributed by atoms with Gasteiger partial charge >= 0.3 is 0 Å². The topological polar surface area (TPSA) is 68.3 Å². The van der Waals surface area contributed by atoms with Crippen LogP contribution in [0.4, 0.5) is 0 Å². The lowest BCUT2D eigenvalue weighted by Crippen LogP contribution is -2.33. The monoisotopic (exact) mass is 472 g/mol. The van der Waals surface area contributed by atoms with E-state index in [1.807, 2.05) is 24.3 Å². The number of nitrogens with one attached hydrogen (secondary N) is 1. The molecule has 1 amide bonds. The highest BCUT2D eigenvalue weighted by atomic mass is 35.5. The smallest absolute Gasteiger partial charge is 0.244 e. The molecule has 3 aromatic rings. The van der Waals surface area contributed by atoms with E-state index in [2.05, 4.69) is 10.3 Å². The maximum Gasteiger partial charge on any atom is 0.244 e. The van der Waals surface area contributed by atoms with Gasteiger partial charge in [-0.2, -0.15) is 0 Å². The van der Waals surface area contributed by atoms with Crippen LogP contribution < -0.4 is 10.1 Å². The van der Waals surface area contributed by atoms with Gasteiger partial charge < -0.3 is 10.1 Å². The van der Waals surface area contributed by atoms with Gasteiger partial charge in [0.2, 0.25) is 5.91 Å². The lowest BCUT2D eigenvalue weighted by atomic mass is 10.1. The Hall–Kier alpha value is -2.67. The van der Waals surface area contributed by atoms with Crippen molar-refractivity contribution in [1.29, 1.82) is 0 Å². The Kier molecular flexibility index (Phi) is 6.41. The lowest BCUT2D eigenvalue weighted by Gasteiger charge is -2.11. The number of hydrogen-bond acceptors (Lipinski definition) is 5. The van der Waals surface area contributed by atoms with Crippen molar-refractivity contribution in [1.82, 2.24) is 10.3 Å². The molecule has 1 N–H and O–H groups in total. The Morgan fingerprint density at radius 2 is 2.10 bits per heavy atom. The Morgan fingerprint density at radius 1 is 1.26 bits per heavy atom. The van der Waals surface area contributed by atoms with E-state index in [1.54, 1.807) is 31.3 Å². The van der Waals surface area contributed by atoms with Gasteiger partial charge in [-0.25, -0.2) is 4.98 Å². The molecule has 1 aliphatic rings. The summed E-state index contributed by atoms with van der Waals surface area (Å²) in [6.45, 7) is 1.91. The van der Waals surface area contributed by atoms with Gasteiger partial charge in [0.1, 0.15) is 17.0 Å². The van der Waals surface area contributed by atoms with Gasteiger partial charge in [-0.05, 0) is 54.5 Å². The third-order valence-corrected chi connectivity index (χ3v) is 6.51. The molecule has 1 atom stereocenters. The van der Waals surface area contributed by atoms with Crippen molar-refractivity contribution in [2.24, 2.45) is 0 Å². The molecular formula is C23H18Cl2N2O3S. The average Bonchev–Trinajstić information content (AvgIpc) is 3.39. The molecule has 31 heavy (non-hydrogen) atoms. The van der Waals surface area contributed by atoms with Crippen LogP contribution in [-0.2, 0) is 11.2 Å². The molecule has 0 fully saturated rings. The van der Waals surface area contributed by atoms with E-state index in [0.29, 0.717) is 33.8 Å². The molecule has 0 saturated carbocycles. The summed E-state index contributed by atoms with van der Waals surface area (Å²) in [5, 5.41) is 3.77. The first-order valence-electron chi connectivity index (χ1n) is 9.57. The number of nitrogens with zero attached hydrogens (tertiary/aromatic N) is 1. The van der Waals surface area contributed by atoms with E-state index in [1.165, 1.54) is 17.4 Å². The van der Waals surface area contributed by atoms with E-state index in [9.17, 15) is 9.59 Å². The number of Topliss-reactive ketones (excluding diaryl/α,β-unsaturated/α-hetero) is 1. The largest absolute Gasteiger partial charge is 0.486 e. The fourth-order valence-electron chi connectivity index (χ4n) is 3.26. The minimum absolute atomic E-state index is 0.0454. The fourth-order valence-corrected chi connectivity index (χ4v) is 4.54. The van der Waals surface area contributed by atoms with Crippen LogP contribution in [0.2, 0.25) is 10.2 Å². The van der Waals surface area contributed by atoms with Gasteiger partial charge in [0.25, 0.3) is 0 Å². The molecule has 3 heterocycles. The summed E-state index contributed by atoms with van der Waals surface area (Å²) in [5.74, 6) is 0.469.